The Morgan fingerprint density at radius 3 is 2.76 bits per heavy atom. The lowest BCUT2D eigenvalue weighted by atomic mass is 9.73. The second kappa shape index (κ2) is 5.47. The average Bonchev–Trinajstić information content (AvgIpc) is 2.26. The highest BCUT2D eigenvalue weighted by Crippen LogP contribution is 2.37. The molecule has 0 heterocycles. The molecule has 0 bridgehead atoms. The molecule has 1 aromatic carbocycles. The minimum Gasteiger partial charge on any atom is -0.382 e. The Hall–Kier alpha value is 0.230. The molecular formula is C14H19BrIN. The normalized spacial score (nSPS) is 23.4. The summed E-state index contributed by atoms with van der Waals surface area (Å²) in [5, 5.41) is 3.71. The third-order valence-electron chi connectivity index (χ3n) is 3.77. The number of rotatable bonds is 2. The zero-order valence-corrected chi connectivity index (χ0v) is 14.1. The number of nitrogens with one attached hydrogen (secondary N) is 1. The van der Waals surface area contributed by atoms with Crippen LogP contribution in [-0.2, 0) is 0 Å². The molecule has 0 saturated heterocycles. The molecule has 1 unspecified atom stereocenters. The van der Waals surface area contributed by atoms with Crippen molar-refractivity contribution in [1.82, 2.24) is 0 Å². The Morgan fingerprint density at radius 2 is 2.12 bits per heavy atom. The molecule has 17 heavy (non-hydrogen) atoms. The highest BCUT2D eigenvalue weighted by atomic mass is 127. The summed E-state index contributed by atoms with van der Waals surface area (Å²) < 4.78 is 2.44. The van der Waals surface area contributed by atoms with E-state index in [1.807, 2.05) is 0 Å². The lowest BCUT2D eigenvalue weighted by Crippen LogP contribution is -2.38. The molecule has 1 aliphatic rings. The molecular weight excluding hydrogens is 389 g/mol. The minimum absolute atomic E-state index is 0.413. The van der Waals surface area contributed by atoms with E-state index >= 15 is 0 Å². The third kappa shape index (κ3) is 3.37. The molecule has 2 rings (SSSR count). The van der Waals surface area contributed by atoms with Crippen LogP contribution in [0.2, 0.25) is 0 Å². The number of benzene rings is 1. The molecule has 1 atom stereocenters. The molecule has 1 N–H and O–H groups in total. The van der Waals surface area contributed by atoms with E-state index in [2.05, 4.69) is 75.9 Å². The maximum Gasteiger partial charge on any atom is 0.0353 e. The van der Waals surface area contributed by atoms with E-state index in [-0.39, 0.29) is 0 Å². The van der Waals surface area contributed by atoms with Gasteiger partial charge in [0.15, 0.2) is 0 Å². The number of halogens is 2. The molecule has 0 spiro atoms. The molecule has 3 heteroatoms. The van der Waals surface area contributed by atoms with Crippen molar-refractivity contribution in [2.75, 3.05) is 5.32 Å². The van der Waals surface area contributed by atoms with Gasteiger partial charge < -0.3 is 5.32 Å². The summed E-state index contributed by atoms with van der Waals surface area (Å²) >= 11 is 5.91. The predicted octanol–water partition coefficient (Wildman–Crippen LogP) is 5.43. The van der Waals surface area contributed by atoms with Crippen LogP contribution in [0.25, 0.3) is 0 Å². The van der Waals surface area contributed by atoms with E-state index in [0.29, 0.717) is 11.5 Å². The molecule has 1 aliphatic carbocycles. The van der Waals surface area contributed by atoms with Gasteiger partial charge in [-0.3, -0.25) is 0 Å². The summed E-state index contributed by atoms with van der Waals surface area (Å²) in [6.07, 6.45) is 5.36. The van der Waals surface area contributed by atoms with Gasteiger partial charge in [-0.15, -0.1) is 0 Å². The second-order valence-corrected chi connectivity index (χ2v) is 7.58. The van der Waals surface area contributed by atoms with Gasteiger partial charge in [0.2, 0.25) is 0 Å². The molecule has 94 valence electrons. The Kier molecular flexibility index (Phi) is 4.40. The van der Waals surface area contributed by atoms with Gasteiger partial charge in [-0.2, -0.15) is 0 Å². The SMILES string of the molecule is CC1(C)CCCCC1Nc1ccc(Br)c(I)c1. The third-order valence-corrected chi connectivity index (χ3v) is 6.09. The van der Waals surface area contributed by atoms with Gasteiger partial charge in [0.1, 0.15) is 0 Å². The molecule has 0 amide bonds. The van der Waals surface area contributed by atoms with E-state index in [1.54, 1.807) is 0 Å². The summed E-state index contributed by atoms with van der Waals surface area (Å²) in [6.45, 7) is 4.77. The van der Waals surface area contributed by atoms with Gasteiger partial charge in [-0.1, -0.05) is 26.7 Å². The summed E-state index contributed by atoms with van der Waals surface area (Å²) in [7, 11) is 0. The molecule has 1 aromatic rings. The van der Waals surface area contributed by atoms with E-state index < -0.39 is 0 Å². The van der Waals surface area contributed by atoms with Crippen molar-refractivity contribution in [3.8, 4) is 0 Å². The Bertz CT molecular complexity index is 403. The van der Waals surface area contributed by atoms with E-state index in [1.165, 1.54) is 39.4 Å². The zero-order valence-electron chi connectivity index (χ0n) is 10.4. The smallest absolute Gasteiger partial charge is 0.0353 e. The summed E-state index contributed by atoms with van der Waals surface area (Å²) in [5.41, 5.74) is 1.66. The highest BCUT2D eigenvalue weighted by molar-refractivity contribution is 14.1. The van der Waals surface area contributed by atoms with E-state index in [9.17, 15) is 0 Å². The standard InChI is InChI=1S/C14H19BrIN/c1-14(2)8-4-3-5-13(14)17-10-6-7-11(15)12(16)9-10/h6-7,9,13,17H,3-5,8H2,1-2H3. The maximum absolute atomic E-state index is 3.71. The van der Waals surface area contributed by atoms with Crippen molar-refractivity contribution >= 4 is 44.2 Å². The van der Waals surface area contributed by atoms with Gasteiger partial charge in [0, 0.05) is 19.8 Å². The fraction of sp³-hybridized carbons (Fsp3) is 0.571. The first-order valence-electron chi connectivity index (χ1n) is 6.21. The van der Waals surface area contributed by atoms with Gasteiger partial charge in [-0.25, -0.2) is 0 Å². The van der Waals surface area contributed by atoms with Crippen LogP contribution in [0.5, 0.6) is 0 Å². The van der Waals surface area contributed by atoms with Crippen LogP contribution in [0.15, 0.2) is 22.7 Å². The molecule has 0 aliphatic heterocycles. The van der Waals surface area contributed by atoms with Gasteiger partial charge >= 0.3 is 0 Å². The molecule has 0 aromatic heterocycles. The monoisotopic (exact) mass is 407 g/mol. The van der Waals surface area contributed by atoms with Crippen LogP contribution in [0, 0.1) is 8.99 Å². The van der Waals surface area contributed by atoms with Gasteiger partial charge in [0.05, 0.1) is 0 Å². The average molecular weight is 408 g/mol. The molecule has 0 radical (unpaired) electrons. The summed E-state index contributed by atoms with van der Waals surface area (Å²) in [5.74, 6) is 0. The molecule has 1 fully saturated rings. The number of anilines is 1. The lowest BCUT2D eigenvalue weighted by molar-refractivity contribution is 0.217. The van der Waals surface area contributed by atoms with Gasteiger partial charge in [-0.05, 0) is 75.0 Å². The Morgan fingerprint density at radius 1 is 1.35 bits per heavy atom. The topological polar surface area (TPSA) is 12.0 Å². The largest absolute Gasteiger partial charge is 0.382 e. The van der Waals surface area contributed by atoms with Crippen LogP contribution in [-0.4, -0.2) is 6.04 Å². The van der Waals surface area contributed by atoms with Crippen molar-refractivity contribution in [3.63, 3.8) is 0 Å². The maximum atomic E-state index is 3.71. The lowest BCUT2D eigenvalue weighted by Gasteiger charge is -2.39. The van der Waals surface area contributed by atoms with Crippen molar-refractivity contribution < 1.29 is 0 Å². The minimum atomic E-state index is 0.413. The van der Waals surface area contributed by atoms with Crippen molar-refractivity contribution in [2.24, 2.45) is 5.41 Å². The Balaban J connectivity index is 2.11. The number of hydrogen-bond donors (Lipinski definition) is 1. The fourth-order valence-electron chi connectivity index (χ4n) is 2.55. The second-order valence-electron chi connectivity index (χ2n) is 5.56. The van der Waals surface area contributed by atoms with Crippen molar-refractivity contribution in [3.05, 3.63) is 26.2 Å². The van der Waals surface area contributed by atoms with Crippen LogP contribution < -0.4 is 5.32 Å². The highest BCUT2D eigenvalue weighted by Gasteiger charge is 2.31. The first-order chi connectivity index (χ1) is 7.99. The molecule has 1 nitrogen and oxygen atoms in total. The van der Waals surface area contributed by atoms with Gasteiger partial charge in [0.25, 0.3) is 0 Å². The predicted molar refractivity (Wildman–Crippen MR) is 86.5 cm³/mol. The fourth-order valence-corrected chi connectivity index (χ4v) is 3.31. The molecule has 1 saturated carbocycles. The Labute approximate surface area is 126 Å². The van der Waals surface area contributed by atoms with Crippen LogP contribution >= 0.6 is 38.5 Å². The number of hydrogen-bond acceptors (Lipinski definition) is 1. The van der Waals surface area contributed by atoms with Crippen molar-refractivity contribution in [1.29, 1.82) is 0 Å². The summed E-state index contributed by atoms with van der Waals surface area (Å²) in [6, 6.07) is 7.11. The van der Waals surface area contributed by atoms with E-state index in [0.717, 1.165) is 0 Å². The first kappa shape index (κ1) is 13.7. The van der Waals surface area contributed by atoms with Crippen LogP contribution in [0.4, 0.5) is 5.69 Å². The first-order valence-corrected chi connectivity index (χ1v) is 8.08. The van der Waals surface area contributed by atoms with Crippen LogP contribution in [0.3, 0.4) is 0 Å². The van der Waals surface area contributed by atoms with E-state index in [4.69, 9.17) is 0 Å². The van der Waals surface area contributed by atoms with Crippen LogP contribution in [0.1, 0.15) is 39.5 Å². The zero-order chi connectivity index (χ0) is 12.5. The van der Waals surface area contributed by atoms with Crippen molar-refractivity contribution in [2.45, 2.75) is 45.6 Å². The quantitative estimate of drug-likeness (QED) is 0.644. The summed E-state index contributed by atoms with van der Waals surface area (Å²) in [4.78, 5) is 0.